The Kier molecular flexibility index (Phi) is 3.85. The summed E-state index contributed by atoms with van der Waals surface area (Å²) in [4.78, 5) is 1.64. The van der Waals surface area contributed by atoms with Gasteiger partial charge in [-0.15, -0.1) is 0 Å². The molecule has 20 heavy (non-hydrogen) atoms. The molecule has 0 aromatic heterocycles. The van der Waals surface area contributed by atoms with Gasteiger partial charge in [-0.3, -0.25) is 0 Å². The monoisotopic (exact) mass is 273 g/mol. The zero-order valence-corrected chi connectivity index (χ0v) is 10.8. The topological polar surface area (TPSA) is 53.0 Å². The summed E-state index contributed by atoms with van der Waals surface area (Å²) in [6.45, 7) is 0. The first-order valence-corrected chi connectivity index (χ1v) is 5.94. The van der Waals surface area contributed by atoms with Crippen LogP contribution in [-0.4, -0.2) is 7.05 Å². The lowest BCUT2D eigenvalue weighted by atomic mass is 10.1. The molecule has 2 aromatic rings. The SMILES string of the molecule is CN(c1ccc(C#N)cc1)c1ccc(N)cc1C(F)F. The van der Waals surface area contributed by atoms with Crippen LogP contribution in [0, 0.1) is 11.3 Å². The van der Waals surface area contributed by atoms with E-state index in [9.17, 15) is 8.78 Å². The molecule has 0 heterocycles. The van der Waals surface area contributed by atoms with E-state index in [1.807, 2.05) is 6.07 Å². The Morgan fingerprint density at radius 3 is 2.35 bits per heavy atom. The molecule has 0 spiro atoms. The molecule has 0 saturated heterocycles. The lowest BCUT2D eigenvalue weighted by Gasteiger charge is -2.22. The summed E-state index contributed by atoms with van der Waals surface area (Å²) >= 11 is 0. The Morgan fingerprint density at radius 2 is 1.80 bits per heavy atom. The predicted octanol–water partition coefficient (Wildman–Crippen LogP) is 3.85. The zero-order valence-electron chi connectivity index (χ0n) is 10.8. The molecule has 2 N–H and O–H groups in total. The molecule has 0 saturated carbocycles. The van der Waals surface area contributed by atoms with Crippen molar-refractivity contribution in [3.63, 3.8) is 0 Å². The van der Waals surface area contributed by atoms with E-state index < -0.39 is 6.43 Å². The molecule has 0 radical (unpaired) electrons. The summed E-state index contributed by atoms with van der Waals surface area (Å²) in [5.41, 5.74) is 7.37. The smallest absolute Gasteiger partial charge is 0.265 e. The minimum atomic E-state index is -2.60. The molecule has 0 bridgehead atoms. The third-order valence-electron chi connectivity index (χ3n) is 3.03. The highest BCUT2D eigenvalue weighted by atomic mass is 19.3. The third kappa shape index (κ3) is 2.69. The number of rotatable bonds is 3. The van der Waals surface area contributed by atoms with Gasteiger partial charge in [-0.25, -0.2) is 8.78 Å². The molecular weight excluding hydrogens is 260 g/mol. The Bertz CT molecular complexity index is 645. The summed E-state index contributed by atoms with van der Waals surface area (Å²) in [5, 5.41) is 8.75. The average Bonchev–Trinajstić information content (AvgIpc) is 2.46. The van der Waals surface area contributed by atoms with Crippen molar-refractivity contribution in [2.75, 3.05) is 17.7 Å². The molecule has 0 amide bonds. The van der Waals surface area contributed by atoms with Gasteiger partial charge in [0.05, 0.1) is 11.6 Å². The highest BCUT2D eigenvalue weighted by Crippen LogP contribution is 2.34. The Balaban J connectivity index is 2.42. The van der Waals surface area contributed by atoms with Gasteiger partial charge in [-0.2, -0.15) is 5.26 Å². The molecule has 2 aromatic carbocycles. The number of nitrogens with two attached hydrogens (primary N) is 1. The molecule has 0 unspecified atom stereocenters. The van der Waals surface area contributed by atoms with E-state index in [4.69, 9.17) is 11.0 Å². The number of hydrogen-bond acceptors (Lipinski definition) is 3. The van der Waals surface area contributed by atoms with Crippen molar-refractivity contribution in [2.24, 2.45) is 0 Å². The van der Waals surface area contributed by atoms with Crippen LogP contribution in [0.3, 0.4) is 0 Å². The van der Waals surface area contributed by atoms with Crippen LogP contribution in [0.5, 0.6) is 0 Å². The van der Waals surface area contributed by atoms with Crippen LogP contribution < -0.4 is 10.6 Å². The fourth-order valence-electron chi connectivity index (χ4n) is 1.95. The standard InChI is InChI=1S/C15H13F2N3/c1-20(12-5-2-10(9-18)3-6-12)14-7-4-11(19)8-13(14)15(16)17/h2-8,15H,19H2,1H3. The molecule has 5 heteroatoms. The molecule has 0 aliphatic rings. The van der Waals surface area contributed by atoms with Gasteiger partial charge in [0.2, 0.25) is 0 Å². The van der Waals surface area contributed by atoms with Crippen molar-refractivity contribution < 1.29 is 8.78 Å². The molecule has 102 valence electrons. The van der Waals surface area contributed by atoms with Gasteiger partial charge in [0, 0.05) is 29.7 Å². The van der Waals surface area contributed by atoms with Gasteiger partial charge in [-0.05, 0) is 42.5 Å². The summed E-state index contributed by atoms with van der Waals surface area (Å²) in [6, 6.07) is 13.2. The normalized spacial score (nSPS) is 10.3. The Hall–Kier alpha value is -2.61. The minimum absolute atomic E-state index is 0.114. The molecule has 3 nitrogen and oxygen atoms in total. The quantitative estimate of drug-likeness (QED) is 0.864. The number of hydrogen-bond donors (Lipinski definition) is 1. The maximum absolute atomic E-state index is 13.1. The fourth-order valence-corrected chi connectivity index (χ4v) is 1.95. The number of nitrogens with zero attached hydrogens (tertiary/aromatic N) is 2. The van der Waals surface area contributed by atoms with Gasteiger partial charge in [-0.1, -0.05) is 0 Å². The van der Waals surface area contributed by atoms with E-state index >= 15 is 0 Å². The Labute approximate surface area is 115 Å². The second-order valence-corrected chi connectivity index (χ2v) is 4.34. The van der Waals surface area contributed by atoms with Crippen LogP contribution in [0.2, 0.25) is 0 Å². The summed E-state index contributed by atoms with van der Waals surface area (Å²) in [7, 11) is 1.69. The largest absolute Gasteiger partial charge is 0.399 e. The van der Waals surface area contributed by atoms with Gasteiger partial charge < -0.3 is 10.6 Å². The van der Waals surface area contributed by atoms with Crippen LogP contribution in [0.1, 0.15) is 17.6 Å². The van der Waals surface area contributed by atoms with E-state index in [1.54, 1.807) is 48.3 Å². The van der Waals surface area contributed by atoms with Crippen LogP contribution in [0.25, 0.3) is 0 Å². The van der Waals surface area contributed by atoms with Crippen molar-refractivity contribution >= 4 is 17.1 Å². The number of alkyl halides is 2. The average molecular weight is 273 g/mol. The van der Waals surface area contributed by atoms with Crippen LogP contribution >= 0.6 is 0 Å². The minimum Gasteiger partial charge on any atom is -0.399 e. The lowest BCUT2D eigenvalue weighted by molar-refractivity contribution is 0.152. The van der Waals surface area contributed by atoms with Crippen LogP contribution in [-0.2, 0) is 0 Å². The first-order valence-electron chi connectivity index (χ1n) is 5.94. The van der Waals surface area contributed by atoms with Crippen LogP contribution in [0.4, 0.5) is 25.8 Å². The van der Waals surface area contributed by atoms with E-state index in [0.29, 0.717) is 16.9 Å². The van der Waals surface area contributed by atoms with Gasteiger partial charge in [0.15, 0.2) is 0 Å². The van der Waals surface area contributed by atoms with Gasteiger partial charge in [0.1, 0.15) is 0 Å². The maximum Gasteiger partial charge on any atom is 0.265 e. The van der Waals surface area contributed by atoms with E-state index in [1.165, 1.54) is 6.07 Å². The third-order valence-corrected chi connectivity index (χ3v) is 3.03. The fraction of sp³-hybridized carbons (Fsp3) is 0.133. The van der Waals surface area contributed by atoms with Crippen molar-refractivity contribution in [1.82, 2.24) is 0 Å². The van der Waals surface area contributed by atoms with Crippen molar-refractivity contribution in [3.8, 4) is 6.07 Å². The number of nitriles is 1. The van der Waals surface area contributed by atoms with Crippen molar-refractivity contribution in [3.05, 3.63) is 53.6 Å². The zero-order chi connectivity index (χ0) is 14.7. The second-order valence-electron chi connectivity index (χ2n) is 4.34. The molecule has 0 fully saturated rings. The van der Waals surface area contributed by atoms with Gasteiger partial charge >= 0.3 is 0 Å². The number of nitrogen functional groups attached to an aromatic ring is 1. The number of anilines is 3. The summed E-state index contributed by atoms with van der Waals surface area (Å²) in [6.07, 6.45) is -2.60. The van der Waals surface area contributed by atoms with E-state index in [2.05, 4.69) is 0 Å². The highest BCUT2D eigenvalue weighted by Gasteiger charge is 2.17. The Morgan fingerprint density at radius 1 is 1.15 bits per heavy atom. The number of halogens is 2. The molecule has 0 aliphatic heterocycles. The lowest BCUT2D eigenvalue weighted by Crippen LogP contribution is -2.12. The first kappa shape index (κ1) is 13.8. The molecule has 2 rings (SSSR count). The van der Waals surface area contributed by atoms with Crippen LogP contribution in [0.15, 0.2) is 42.5 Å². The highest BCUT2D eigenvalue weighted by molar-refractivity contribution is 5.69. The summed E-state index contributed by atoms with van der Waals surface area (Å²) in [5.74, 6) is 0. The van der Waals surface area contributed by atoms with E-state index in [0.717, 1.165) is 5.69 Å². The summed E-state index contributed by atoms with van der Waals surface area (Å²) < 4.78 is 26.2. The first-order chi connectivity index (χ1) is 9.52. The van der Waals surface area contributed by atoms with Crippen molar-refractivity contribution in [2.45, 2.75) is 6.43 Å². The molecule has 0 atom stereocenters. The van der Waals surface area contributed by atoms with Gasteiger partial charge in [0.25, 0.3) is 6.43 Å². The maximum atomic E-state index is 13.1. The second kappa shape index (κ2) is 5.57. The predicted molar refractivity (Wildman–Crippen MR) is 75.0 cm³/mol. The molecular formula is C15H13F2N3. The number of benzene rings is 2. The van der Waals surface area contributed by atoms with Crippen molar-refractivity contribution in [1.29, 1.82) is 5.26 Å². The van der Waals surface area contributed by atoms with E-state index in [-0.39, 0.29) is 5.56 Å². The molecule has 0 aliphatic carbocycles.